The zero-order valence-corrected chi connectivity index (χ0v) is 15.4. The van der Waals surface area contributed by atoms with Gasteiger partial charge in [-0.25, -0.2) is 9.97 Å². The molecular weight excluding hydrogens is 348 g/mol. The average Bonchev–Trinajstić information content (AvgIpc) is 3.34. The summed E-state index contributed by atoms with van der Waals surface area (Å²) in [5.74, 6) is 0.373. The van der Waals surface area contributed by atoms with E-state index >= 15 is 0 Å². The quantitative estimate of drug-likeness (QED) is 0.765. The lowest BCUT2D eigenvalue weighted by Gasteiger charge is -2.22. The predicted molar refractivity (Wildman–Crippen MR) is 99.7 cm³/mol. The van der Waals surface area contributed by atoms with Crippen LogP contribution in [-0.2, 0) is 7.05 Å². The molecule has 0 radical (unpaired) electrons. The fourth-order valence-electron chi connectivity index (χ4n) is 3.21. The number of hydrogen-bond acceptors (Lipinski definition) is 6. The number of nitrogens with one attached hydrogen (secondary N) is 1. The normalized spacial score (nSPS) is 15.1. The van der Waals surface area contributed by atoms with Crippen LogP contribution < -0.4 is 5.32 Å². The molecule has 0 aromatic carbocycles. The van der Waals surface area contributed by atoms with Crippen molar-refractivity contribution in [2.75, 3.05) is 0 Å². The second kappa shape index (κ2) is 7.33. The van der Waals surface area contributed by atoms with Gasteiger partial charge in [0.1, 0.15) is 5.69 Å². The molecule has 0 unspecified atom stereocenters. The maximum atomic E-state index is 12.8. The third-order valence-electron chi connectivity index (χ3n) is 4.55. The van der Waals surface area contributed by atoms with Crippen molar-refractivity contribution >= 4 is 17.2 Å². The predicted octanol–water partition coefficient (Wildman–Crippen LogP) is 3.06. The van der Waals surface area contributed by atoms with E-state index in [2.05, 4.69) is 25.4 Å². The van der Waals surface area contributed by atoms with Gasteiger partial charge >= 0.3 is 0 Å². The molecule has 0 bridgehead atoms. The van der Waals surface area contributed by atoms with E-state index < -0.39 is 0 Å². The average molecular weight is 368 g/mol. The van der Waals surface area contributed by atoms with E-state index in [9.17, 15) is 4.79 Å². The summed E-state index contributed by atoms with van der Waals surface area (Å²) >= 11 is 1.45. The van der Waals surface area contributed by atoms with E-state index in [0.29, 0.717) is 17.2 Å². The van der Waals surface area contributed by atoms with Gasteiger partial charge in [-0.2, -0.15) is 5.10 Å². The number of nitrogens with zero attached hydrogens (tertiary/aromatic N) is 5. The Labute approximate surface area is 155 Å². The van der Waals surface area contributed by atoms with Crippen molar-refractivity contribution in [3.63, 3.8) is 0 Å². The third kappa shape index (κ3) is 3.65. The van der Waals surface area contributed by atoms with Crippen LogP contribution in [0.4, 0.5) is 0 Å². The lowest BCUT2D eigenvalue weighted by atomic mass is 9.95. The van der Waals surface area contributed by atoms with Gasteiger partial charge in [-0.1, -0.05) is 19.3 Å². The topological polar surface area (TPSA) is 85.6 Å². The summed E-state index contributed by atoms with van der Waals surface area (Å²) in [6.45, 7) is 0. The van der Waals surface area contributed by atoms with Gasteiger partial charge in [0.15, 0.2) is 5.82 Å². The number of thiazole rings is 1. The van der Waals surface area contributed by atoms with Gasteiger partial charge in [0.05, 0.1) is 22.3 Å². The van der Waals surface area contributed by atoms with Gasteiger partial charge in [-0.05, 0) is 18.9 Å². The van der Waals surface area contributed by atoms with Crippen LogP contribution >= 0.6 is 11.3 Å². The first-order chi connectivity index (χ1) is 12.7. The molecule has 8 heteroatoms. The van der Waals surface area contributed by atoms with Gasteiger partial charge in [-0.3, -0.25) is 14.5 Å². The molecule has 7 nitrogen and oxygen atoms in total. The summed E-state index contributed by atoms with van der Waals surface area (Å²) in [6, 6.07) is 1.97. The number of rotatable bonds is 4. The number of hydrogen-bond donors (Lipinski definition) is 1. The highest BCUT2D eigenvalue weighted by Gasteiger charge is 2.20. The van der Waals surface area contributed by atoms with E-state index in [1.54, 1.807) is 28.7 Å². The number of carbonyl (C=O) groups excluding carboxylic acids is 1. The smallest absolute Gasteiger partial charge is 0.270 e. The molecule has 3 aromatic rings. The van der Waals surface area contributed by atoms with Crippen molar-refractivity contribution in [2.24, 2.45) is 7.05 Å². The Balaban J connectivity index is 1.68. The van der Waals surface area contributed by atoms with E-state index in [1.165, 1.54) is 30.6 Å². The second-order valence-electron chi connectivity index (χ2n) is 6.54. The van der Waals surface area contributed by atoms with Crippen molar-refractivity contribution in [1.82, 2.24) is 30.0 Å². The summed E-state index contributed by atoms with van der Waals surface area (Å²) in [5, 5.41) is 7.33. The van der Waals surface area contributed by atoms with Crippen LogP contribution in [0.25, 0.3) is 22.0 Å². The maximum Gasteiger partial charge on any atom is 0.270 e. The molecule has 134 valence electrons. The minimum atomic E-state index is -0.143. The Morgan fingerprint density at radius 1 is 1.23 bits per heavy atom. The van der Waals surface area contributed by atoms with Crippen LogP contribution in [-0.4, -0.2) is 36.7 Å². The molecule has 0 saturated heterocycles. The van der Waals surface area contributed by atoms with Gasteiger partial charge in [0.2, 0.25) is 0 Å². The monoisotopic (exact) mass is 368 g/mol. The molecule has 1 fully saturated rings. The molecule has 1 amide bonds. The Morgan fingerprint density at radius 2 is 2.08 bits per heavy atom. The lowest BCUT2D eigenvalue weighted by molar-refractivity contribution is 0.0922. The fraction of sp³-hybridized carbons (Fsp3) is 0.389. The van der Waals surface area contributed by atoms with Crippen molar-refractivity contribution in [1.29, 1.82) is 0 Å². The third-order valence-corrected chi connectivity index (χ3v) is 5.32. The van der Waals surface area contributed by atoms with E-state index in [0.717, 1.165) is 23.3 Å². The van der Waals surface area contributed by atoms with Crippen LogP contribution in [0.15, 0.2) is 30.2 Å². The molecule has 3 heterocycles. The maximum absolute atomic E-state index is 12.8. The molecular formula is C18H20N6OS. The molecule has 0 spiro atoms. The molecule has 26 heavy (non-hydrogen) atoms. The Hall–Kier alpha value is -2.61. The Morgan fingerprint density at radius 3 is 2.77 bits per heavy atom. The van der Waals surface area contributed by atoms with Crippen molar-refractivity contribution in [3.8, 4) is 22.0 Å². The standard InChI is InChI=1S/C18H20N6OS/c1-24-10-12(8-20-24)14-7-15(18(25)21-13-5-3-2-4-6-13)23-17(22-14)16-9-19-11-26-16/h7-11,13H,2-6H2,1H3,(H,21,25). The van der Waals surface area contributed by atoms with Crippen molar-refractivity contribution in [2.45, 2.75) is 38.1 Å². The van der Waals surface area contributed by atoms with Crippen LogP contribution in [0.5, 0.6) is 0 Å². The zero-order chi connectivity index (χ0) is 17.9. The summed E-state index contributed by atoms with van der Waals surface area (Å²) in [4.78, 5) is 26.8. The molecule has 3 aromatic heterocycles. The highest BCUT2D eigenvalue weighted by molar-refractivity contribution is 7.13. The van der Waals surface area contributed by atoms with E-state index in [1.807, 2.05) is 13.2 Å². The van der Waals surface area contributed by atoms with E-state index in [4.69, 9.17) is 0 Å². The van der Waals surface area contributed by atoms with Gasteiger partial charge in [0.25, 0.3) is 5.91 Å². The van der Waals surface area contributed by atoms with Crippen molar-refractivity contribution in [3.05, 3.63) is 35.9 Å². The molecule has 1 aliphatic carbocycles. The molecule has 4 rings (SSSR count). The van der Waals surface area contributed by atoms with Crippen LogP contribution in [0, 0.1) is 0 Å². The SMILES string of the molecule is Cn1cc(-c2cc(C(=O)NC3CCCCC3)nc(-c3cncs3)n2)cn1. The van der Waals surface area contributed by atoms with E-state index in [-0.39, 0.29) is 11.9 Å². The van der Waals surface area contributed by atoms with Gasteiger partial charge in [0, 0.05) is 31.0 Å². The van der Waals surface area contributed by atoms with Crippen LogP contribution in [0.3, 0.4) is 0 Å². The number of aromatic nitrogens is 5. The number of amides is 1. The molecule has 1 aliphatic rings. The summed E-state index contributed by atoms with van der Waals surface area (Å²) in [5.41, 5.74) is 3.66. The highest BCUT2D eigenvalue weighted by Crippen LogP contribution is 2.25. The van der Waals surface area contributed by atoms with Crippen LogP contribution in [0.2, 0.25) is 0 Å². The van der Waals surface area contributed by atoms with Crippen LogP contribution in [0.1, 0.15) is 42.6 Å². The number of carbonyl (C=O) groups is 1. The first kappa shape index (κ1) is 16.8. The minimum Gasteiger partial charge on any atom is -0.348 e. The summed E-state index contributed by atoms with van der Waals surface area (Å²) in [6.07, 6.45) is 11.0. The fourth-order valence-corrected chi connectivity index (χ4v) is 3.76. The first-order valence-electron chi connectivity index (χ1n) is 8.77. The summed E-state index contributed by atoms with van der Waals surface area (Å²) < 4.78 is 1.71. The highest BCUT2D eigenvalue weighted by atomic mass is 32.1. The zero-order valence-electron chi connectivity index (χ0n) is 14.6. The van der Waals surface area contributed by atoms with Gasteiger partial charge < -0.3 is 5.32 Å². The molecule has 0 aliphatic heterocycles. The first-order valence-corrected chi connectivity index (χ1v) is 9.65. The molecule has 0 atom stereocenters. The van der Waals surface area contributed by atoms with Crippen molar-refractivity contribution < 1.29 is 4.79 Å². The minimum absolute atomic E-state index is 0.143. The summed E-state index contributed by atoms with van der Waals surface area (Å²) in [7, 11) is 1.85. The largest absolute Gasteiger partial charge is 0.348 e. The van der Waals surface area contributed by atoms with Gasteiger partial charge in [-0.15, -0.1) is 11.3 Å². The Kier molecular flexibility index (Phi) is 4.75. The second-order valence-corrected chi connectivity index (χ2v) is 7.43. The lowest BCUT2D eigenvalue weighted by Crippen LogP contribution is -2.36. The Bertz CT molecular complexity index is 898. The number of aryl methyl sites for hydroxylation is 1. The molecule has 1 N–H and O–H groups in total. The molecule has 1 saturated carbocycles.